The predicted octanol–water partition coefficient (Wildman–Crippen LogP) is 1.66. The van der Waals surface area contributed by atoms with E-state index >= 15 is 0 Å². The maximum absolute atomic E-state index is 2.49. The lowest BCUT2D eigenvalue weighted by Gasteiger charge is -2.21. The van der Waals surface area contributed by atoms with E-state index in [1.54, 1.807) is 0 Å². The van der Waals surface area contributed by atoms with E-state index in [0.717, 1.165) is 0 Å². The van der Waals surface area contributed by atoms with E-state index < -0.39 is 0 Å². The van der Waals surface area contributed by atoms with Crippen LogP contribution in [0.4, 0.5) is 0 Å². The molecule has 0 amide bonds. The van der Waals surface area contributed by atoms with E-state index in [1.165, 1.54) is 32.5 Å². The summed E-state index contributed by atoms with van der Waals surface area (Å²) < 4.78 is 0. The van der Waals surface area contributed by atoms with E-state index in [1.807, 2.05) is 0 Å². The van der Waals surface area contributed by atoms with Crippen molar-refractivity contribution in [2.24, 2.45) is 0 Å². The molecule has 0 aliphatic carbocycles. The fourth-order valence-electron chi connectivity index (χ4n) is 1.21. The lowest BCUT2D eigenvalue weighted by atomic mass is 10.2. The summed E-state index contributed by atoms with van der Waals surface area (Å²) in [4.78, 5) is 2.49. The fraction of sp³-hybridized carbons (Fsp3) is 0.750. The van der Waals surface area contributed by atoms with Crippen LogP contribution in [0, 0.1) is 0 Å². The zero-order chi connectivity index (χ0) is 6.53. The van der Waals surface area contributed by atoms with Gasteiger partial charge in [-0.05, 0) is 19.4 Å². The summed E-state index contributed by atoms with van der Waals surface area (Å²) in [5.41, 5.74) is 0. The highest BCUT2D eigenvalue weighted by Crippen LogP contribution is 2.00. The molecular formula is C8H15N. The molecule has 9 heavy (non-hydrogen) atoms. The molecule has 0 bridgehead atoms. The topological polar surface area (TPSA) is 3.24 Å². The second kappa shape index (κ2) is 3.67. The first kappa shape index (κ1) is 6.81. The highest BCUT2D eigenvalue weighted by Gasteiger charge is 2.02. The van der Waals surface area contributed by atoms with Gasteiger partial charge in [0.05, 0.1) is 0 Å². The summed E-state index contributed by atoms with van der Waals surface area (Å²) in [5, 5.41) is 0. The molecule has 0 radical (unpaired) electrons. The molecule has 52 valence electrons. The van der Waals surface area contributed by atoms with E-state index in [-0.39, 0.29) is 0 Å². The first-order valence-electron chi connectivity index (χ1n) is 3.81. The Bertz CT molecular complexity index is 96.7. The first-order valence-corrected chi connectivity index (χ1v) is 3.81. The van der Waals surface area contributed by atoms with Crippen LogP contribution in [0.2, 0.25) is 0 Å². The lowest BCUT2D eigenvalue weighted by molar-refractivity contribution is 0.299. The Labute approximate surface area is 57.4 Å². The van der Waals surface area contributed by atoms with Crippen molar-refractivity contribution in [2.75, 3.05) is 19.6 Å². The van der Waals surface area contributed by atoms with Gasteiger partial charge in [-0.1, -0.05) is 19.1 Å². The lowest BCUT2D eigenvalue weighted by Crippen LogP contribution is -2.27. The highest BCUT2D eigenvalue weighted by atomic mass is 15.1. The van der Waals surface area contributed by atoms with Crippen molar-refractivity contribution in [2.45, 2.75) is 19.8 Å². The zero-order valence-electron chi connectivity index (χ0n) is 6.14. The summed E-state index contributed by atoms with van der Waals surface area (Å²) in [6, 6.07) is 0. The maximum Gasteiger partial charge on any atom is 0.0163 e. The van der Waals surface area contributed by atoms with Gasteiger partial charge in [-0.15, -0.1) is 0 Å². The fourth-order valence-corrected chi connectivity index (χ4v) is 1.21. The van der Waals surface area contributed by atoms with Crippen molar-refractivity contribution in [3.8, 4) is 0 Å². The molecular weight excluding hydrogens is 110 g/mol. The molecule has 0 saturated carbocycles. The minimum atomic E-state index is 1.17. The van der Waals surface area contributed by atoms with Crippen molar-refractivity contribution in [3.05, 3.63) is 12.2 Å². The molecule has 1 rings (SSSR count). The number of hydrogen-bond donors (Lipinski definition) is 0. The quantitative estimate of drug-likeness (QED) is 0.507. The summed E-state index contributed by atoms with van der Waals surface area (Å²) in [6.45, 7) is 5.95. The normalized spacial score (nSPS) is 20.6. The number of nitrogens with zero attached hydrogens (tertiary/aromatic N) is 1. The van der Waals surface area contributed by atoms with Crippen LogP contribution < -0.4 is 0 Å². The van der Waals surface area contributed by atoms with Crippen LogP contribution in [-0.2, 0) is 0 Å². The minimum absolute atomic E-state index is 1.17. The standard InChI is InChI=1S/C8H15N/c1-2-6-9-7-4-3-5-8-9/h3-4H,2,5-8H2,1H3. The molecule has 1 aliphatic rings. The van der Waals surface area contributed by atoms with E-state index in [9.17, 15) is 0 Å². The molecule has 0 unspecified atom stereocenters. The average molecular weight is 125 g/mol. The predicted molar refractivity (Wildman–Crippen MR) is 40.5 cm³/mol. The van der Waals surface area contributed by atoms with E-state index in [4.69, 9.17) is 0 Å². The van der Waals surface area contributed by atoms with Gasteiger partial charge >= 0.3 is 0 Å². The van der Waals surface area contributed by atoms with Crippen molar-refractivity contribution in [3.63, 3.8) is 0 Å². The SMILES string of the molecule is CCCN1CC=CCC1. The van der Waals surface area contributed by atoms with Crippen molar-refractivity contribution in [1.29, 1.82) is 0 Å². The second-order valence-electron chi connectivity index (χ2n) is 2.56. The van der Waals surface area contributed by atoms with Gasteiger partial charge in [0.15, 0.2) is 0 Å². The van der Waals surface area contributed by atoms with Crippen LogP contribution in [0.15, 0.2) is 12.2 Å². The van der Waals surface area contributed by atoms with Crippen molar-refractivity contribution >= 4 is 0 Å². The van der Waals surface area contributed by atoms with E-state index in [0.29, 0.717) is 0 Å². The molecule has 0 N–H and O–H groups in total. The van der Waals surface area contributed by atoms with Crippen molar-refractivity contribution in [1.82, 2.24) is 4.90 Å². The monoisotopic (exact) mass is 125 g/mol. The van der Waals surface area contributed by atoms with Gasteiger partial charge in [0, 0.05) is 13.1 Å². The molecule has 0 fully saturated rings. The van der Waals surface area contributed by atoms with Gasteiger partial charge in [-0.2, -0.15) is 0 Å². The molecule has 0 saturated heterocycles. The molecule has 0 aromatic rings. The second-order valence-corrected chi connectivity index (χ2v) is 2.56. The summed E-state index contributed by atoms with van der Waals surface area (Å²) in [5.74, 6) is 0. The average Bonchev–Trinajstić information content (AvgIpc) is 1.91. The molecule has 0 aromatic carbocycles. The molecule has 0 spiro atoms. The maximum atomic E-state index is 2.49. The van der Waals surface area contributed by atoms with Crippen LogP contribution in [0.5, 0.6) is 0 Å². The third kappa shape index (κ3) is 2.19. The summed E-state index contributed by atoms with van der Waals surface area (Å²) in [6.07, 6.45) is 7.07. The van der Waals surface area contributed by atoms with Gasteiger partial charge in [0.2, 0.25) is 0 Å². The van der Waals surface area contributed by atoms with Crippen molar-refractivity contribution < 1.29 is 0 Å². The molecule has 1 nitrogen and oxygen atoms in total. The smallest absolute Gasteiger partial charge is 0.0163 e. The molecule has 1 heterocycles. The Morgan fingerprint density at radius 1 is 1.44 bits per heavy atom. The Balaban J connectivity index is 2.18. The Kier molecular flexibility index (Phi) is 2.78. The Morgan fingerprint density at radius 3 is 2.89 bits per heavy atom. The molecule has 0 aromatic heterocycles. The van der Waals surface area contributed by atoms with Crippen LogP contribution in [-0.4, -0.2) is 24.5 Å². The van der Waals surface area contributed by atoms with Crippen LogP contribution in [0.1, 0.15) is 19.8 Å². The third-order valence-corrected chi connectivity index (χ3v) is 1.68. The van der Waals surface area contributed by atoms with E-state index in [2.05, 4.69) is 24.0 Å². The van der Waals surface area contributed by atoms with Crippen LogP contribution >= 0.6 is 0 Å². The van der Waals surface area contributed by atoms with Gasteiger partial charge < -0.3 is 0 Å². The van der Waals surface area contributed by atoms with Gasteiger partial charge in [0.1, 0.15) is 0 Å². The zero-order valence-corrected chi connectivity index (χ0v) is 6.14. The highest BCUT2D eigenvalue weighted by molar-refractivity contribution is 4.90. The minimum Gasteiger partial charge on any atom is -0.299 e. The molecule has 1 aliphatic heterocycles. The number of rotatable bonds is 2. The van der Waals surface area contributed by atoms with Crippen LogP contribution in [0.25, 0.3) is 0 Å². The summed E-state index contributed by atoms with van der Waals surface area (Å²) in [7, 11) is 0. The van der Waals surface area contributed by atoms with Gasteiger partial charge in [0.25, 0.3) is 0 Å². The Morgan fingerprint density at radius 2 is 2.33 bits per heavy atom. The van der Waals surface area contributed by atoms with Gasteiger partial charge in [-0.3, -0.25) is 4.90 Å². The first-order chi connectivity index (χ1) is 4.43. The Hall–Kier alpha value is -0.300. The molecule has 0 atom stereocenters. The summed E-state index contributed by atoms with van der Waals surface area (Å²) >= 11 is 0. The van der Waals surface area contributed by atoms with Crippen LogP contribution in [0.3, 0.4) is 0 Å². The molecule has 1 heteroatoms. The van der Waals surface area contributed by atoms with Gasteiger partial charge in [-0.25, -0.2) is 0 Å². The largest absolute Gasteiger partial charge is 0.299 e. The number of hydrogen-bond acceptors (Lipinski definition) is 1. The third-order valence-electron chi connectivity index (χ3n) is 1.68.